The molecule has 5 rings (SSSR count). The first kappa shape index (κ1) is 21.7. The minimum atomic E-state index is 0.134. The lowest BCUT2D eigenvalue weighted by Gasteiger charge is -2.46. The molecule has 2 heterocycles. The summed E-state index contributed by atoms with van der Waals surface area (Å²) in [4.78, 5) is 27.3. The van der Waals surface area contributed by atoms with Crippen molar-refractivity contribution in [2.24, 2.45) is 11.8 Å². The van der Waals surface area contributed by atoms with E-state index < -0.39 is 0 Å². The third-order valence-electron chi connectivity index (χ3n) is 8.18. The van der Waals surface area contributed by atoms with Gasteiger partial charge in [0.05, 0.1) is 5.52 Å². The zero-order valence-corrected chi connectivity index (χ0v) is 19.5. The van der Waals surface area contributed by atoms with E-state index in [0.717, 1.165) is 44.9 Å². The second-order valence-electron chi connectivity index (χ2n) is 10.3. The molecule has 3 fully saturated rings. The maximum atomic E-state index is 13.5. The number of hydrogen-bond acceptors (Lipinski definition) is 3. The number of hydrogen-bond donors (Lipinski definition) is 0. The molecule has 1 aromatic heterocycles. The molecular weight excluding hydrogens is 400 g/mol. The number of amides is 1. The molecule has 172 valence electrons. The number of fused-ring (bicyclic) bond motifs is 2. The third-order valence-corrected chi connectivity index (χ3v) is 8.18. The Morgan fingerprint density at radius 2 is 2.03 bits per heavy atom. The molecule has 0 N–H and O–H groups in total. The van der Waals surface area contributed by atoms with Crippen molar-refractivity contribution in [3.05, 3.63) is 35.5 Å². The summed E-state index contributed by atoms with van der Waals surface area (Å²) in [5.74, 6) is 1.56. The van der Waals surface area contributed by atoms with Gasteiger partial charge in [-0.2, -0.15) is 0 Å². The Kier molecular flexibility index (Phi) is 6.11. The second kappa shape index (κ2) is 9.01. The van der Waals surface area contributed by atoms with Crippen LogP contribution in [-0.4, -0.2) is 41.4 Å². The topological polar surface area (TPSA) is 51.5 Å². The van der Waals surface area contributed by atoms with Crippen LogP contribution in [0.15, 0.2) is 24.4 Å². The van der Waals surface area contributed by atoms with Crippen LogP contribution < -0.4 is 0 Å². The highest BCUT2D eigenvalue weighted by atomic mass is 16.5. The van der Waals surface area contributed by atoms with Crippen LogP contribution >= 0.6 is 0 Å². The number of likely N-dealkylation sites (tertiary alicyclic amines) is 1. The first-order valence-electron chi connectivity index (χ1n) is 12.5. The normalized spacial score (nSPS) is 26.7. The smallest absolute Gasteiger partial charge is 0.223 e. The van der Waals surface area contributed by atoms with Crippen molar-refractivity contribution < 1.29 is 14.3 Å². The zero-order chi connectivity index (χ0) is 22.2. The molecule has 1 aliphatic heterocycles. The molecule has 1 amide bonds. The van der Waals surface area contributed by atoms with E-state index in [1.807, 2.05) is 0 Å². The van der Waals surface area contributed by atoms with E-state index in [1.165, 1.54) is 34.9 Å². The highest BCUT2D eigenvalue weighted by molar-refractivity contribution is 5.89. The van der Waals surface area contributed by atoms with Gasteiger partial charge in [0.15, 0.2) is 0 Å². The van der Waals surface area contributed by atoms with E-state index >= 15 is 0 Å². The van der Waals surface area contributed by atoms with Gasteiger partial charge in [0, 0.05) is 43.6 Å². The molecule has 4 unspecified atom stereocenters. The minimum absolute atomic E-state index is 0.134. The van der Waals surface area contributed by atoms with Crippen LogP contribution in [0.2, 0.25) is 0 Å². The number of carbonyl (C=O) groups is 2. The maximum absolute atomic E-state index is 13.5. The van der Waals surface area contributed by atoms with Gasteiger partial charge in [0.25, 0.3) is 0 Å². The van der Waals surface area contributed by atoms with E-state index in [2.05, 4.69) is 40.8 Å². The minimum Gasteiger partial charge on any atom is -0.364 e. The predicted molar refractivity (Wildman–Crippen MR) is 126 cm³/mol. The van der Waals surface area contributed by atoms with Crippen molar-refractivity contribution in [3.8, 4) is 0 Å². The molecule has 0 radical (unpaired) electrons. The lowest BCUT2D eigenvalue weighted by atomic mass is 9.71. The van der Waals surface area contributed by atoms with Gasteiger partial charge in [-0.1, -0.05) is 25.5 Å². The molecule has 1 saturated heterocycles. The molecule has 32 heavy (non-hydrogen) atoms. The molecule has 2 saturated carbocycles. The highest BCUT2D eigenvalue weighted by Gasteiger charge is 2.41. The number of carbonyl (C=O) groups excluding carboxylic acids is 2. The molecule has 2 aromatic rings. The standard InChI is InChI=1S/C27H36N2O3/c1-18(14-26(31)29-13-5-8-21-20(16-30)6-3-9-24(21)29)23-15-28(17-32-2)25-10-4-7-22(27(23)25)19-11-12-19/h4,7,10,15-16,18-21,24H,3,5-6,8-9,11-14,17H2,1-2H3. The summed E-state index contributed by atoms with van der Waals surface area (Å²) in [6.07, 6.45) is 11.6. The number of piperidine rings is 1. The molecule has 5 heteroatoms. The van der Waals surface area contributed by atoms with Crippen LogP contribution in [0.25, 0.3) is 10.9 Å². The van der Waals surface area contributed by atoms with E-state index in [-0.39, 0.29) is 23.8 Å². The van der Waals surface area contributed by atoms with Gasteiger partial charge in [-0.3, -0.25) is 4.79 Å². The average molecular weight is 437 g/mol. The number of nitrogens with zero attached hydrogens (tertiary/aromatic N) is 2. The largest absolute Gasteiger partial charge is 0.364 e. The van der Waals surface area contributed by atoms with Crippen molar-refractivity contribution in [1.82, 2.24) is 9.47 Å². The van der Waals surface area contributed by atoms with Crippen LogP contribution in [0, 0.1) is 11.8 Å². The van der Waals surface area contributed by atoms with E-state index in [9.17, 15) is 9.59 Å². The SMILES string of the molecule is COCn1cc(C(C)CC(=O)N2CCCC3C(C=O)CCCC32)c2c(C3CC3)cccc21. The fourth-order valence-electron chi connectivity index (χ4n) is 6.47. The Morgan fingerprint density at radius 3 is 2.78 bits per heavy atom. The van der Waals surface area contributed by atoms with Crippen molar-refractivity contribution in [2.45, 2.75) is 82.9 Å². The van der Waals surface area contributed by atoms with E-state index in [4.69, 9.17) is 4.74 Å². The van der Waals surface area contributed by atoms with Crippen molar-refractivity contribution in [2.75, 3.05) is 13.7 Å². The van der Waals surface area contributed by atoms with Crippen molar-refractivity contribution in [3.63, 3.8) is 0 Å². The monoisotopic (exact) mass is 436 g/mol. The van der Waals surface area contributed by atoms with Gasteiger partial charge in [0.2, 0.25) is 5.91 Å². The summed E-state index contributed by atoms with van der Waals surface area (Å²) in [6.45, 7) is 3.56. The van der Waals surface area contributed by atoms with Gasteiger partial charge in [-0.25, -0.2) is 0 Å². The zero-order valence-electron chi connectivity index (χ0n) is 19.5. The number of aromatic nitrogens is 1. The number of rotatable bonds is 7. The second-order valence-corrected chi connectivity index (χ2v) is 10.3. The first-order valence-corrected chi connectivity index (χ1v) is 12.5. The van der Waals surface area contributed by atoms with Crippen LogP contribution in [-0.2, 0) is 21.1 Å². The lowest BCUT2D eigenvalue weighted by Crippen LogP contribution is -2.52. The van der Waals surface area contributed by atoms with E-state index in [1.54, 1.807) is 7.11 Å². The van der Waals surface area contributed by atoms with Crippen LogP contribution in [0.4, 0.5) is 0 Å². The Morgan fingerprint density at radius 1 is 1.19 bits per heavy atom. The van der Waals surface area contributed by atoms with Gasteiger partial charge < -0.3 is 19.0 Å². The maximum Gasteiger partial charge on any atom is 0.223 e. The number of aldehydes is 1. The fourth-order valence-corrected chi connectivity index (χ4v) is 6.47. The van der Waals surface area contributed by atoms with Gasteiger partial charge in [-0.15, -0.1) is 0 Å². The van der Waals surface area contributed by atoms with Gasteiger partial charge >= 0.3 is 0 Å². The quantitative estimate of drug-likeness (QED) is 0.559. The molecule has 0 bridgehead atoms. The van der Waals surface area contributed by atoms with Crippen molar-refractivity contribution in [1.29, 1.82) is 0 Å². The molecule has 2 aliphatic carbocycles. The van der Waals surface area contributed by atoms with Gasteiger partial charge in [0.1, 0.15) is 13.0 Å². The molecule has 0 spiro atoms. The number of methoxy groups -OCH3 is 1. The van der Waals surface area contributed by atoms with Gasteiger partial charge in [-0.05, 0) is 73.5 Å². The Labute approximate surface area is 191 Å². The van der Waals surface area contributed by atoms with E-state index in [0.29, 0.717) is 25.0 Å². The summed E-state index contributed by atoms with van der Waals surface area (Å²) in [5.41, 5.74) is 3.92. The summed E-state index contributed by atoms with van der Waals surface area (Å²) in [6, 6.07) is 6.85. The third kappa shape index (κ3) is 3.89. The fraction of sp³-hybridized carbons (Fsp3) is 0.630. The lowest BCUT2D eigenvalue weighted by molar-refractivity contribution is -0.140. The van der Waals surface area contributed by atoms with Crippen LogP contribution in [0.3, 0.4) is 0 Å². The molecule has 4 atom stereocenters. The summed E-state index contributed by atoms with van der Waals surface area (Å²) >= 11 is 0. The summed E-state index contributed by atoms with van der Waals surface area (Å²) in [7, 11) is 1.73. The summed E-state index contributed by atoms with van der Waals surface area (Å²) in [5, 5.41) is 1.34. The first-order chi connectivity index (χ1) is 15.6. The van der Waals surface area contributed by atoms with Crippen LogP contribution in [0.5, 0.6) is 0 Å². The Hall–Kier alpha value is -2.14. The highest BCUT2D eigenvalue weighted by Crippen LogP contribution is 2.46. The number of benzene rings is 1. The average Bonchev–Trinajstić information content (AvgIpc) is 3.60. The Balaban J connectivity index is 1.40. The molecular formula is C27H36N2O3. The van der Waals surface area contributed by atoms with Crippen molar-refractivity contribution >= 4 is 23.1 Å². The Bertz CT molecular complexity index is 992. The predicted octanol–water partition coefficient (Wildman–Crippen LogP) is 5.22. The molecule has 3 aliphatic rings. The summed E-state index contributed by atoms with van der Waals surface area (Å²) < 4.78 is 7.65. The van der Waals surface area contributed by atoms with Crippen LogP contribution in [0.1, 0.15) is 81.3 Å². The molecule has 1 aromatic carbocycles. The number of ether oxygens (including phenoxy) is 1. The molecule has 5 nitrogen and oxygen atoms in total.